The van der Waals surface area contributed by atoms with E-state index in [0.29, 0.717) is 19.4 Å². The number of nitrogens with one attached hydrogen (secondary N) is 1. The predicted molar refractivity (Wildman–Crippen MR) is 88.6 cm³/mol. The Bertz CT molecular complexity index is 365. The molecule has 4 heteroatoms. The van der Waals surface area contributed by atoms with E-state index in [0.717, 1.165) is 12.8 Å². The Labute approximate surface area is 134 Å². The highest BCUT2D eigenvalue weighted by atomic mass is 16.4. The largest absolute Gasteiger partial charge is 0.481 e. The molecule has 0 aromatic carbocycles. The number of amides is 1. The van der Waals surface area contributed by atoms with E-state index in [1.165, 1.54) is 38.5 Å². The molecule has 4 nitrogen and oxygen atoms in total. The van der Waals surface area contributed by atoms with E-state index in [1.54, 1.807) is 0 Å². The fourth-order valence-corrected chi connectivity index (χ4v) is 2.98. The number of aliphatic carboxylic acids is 1. The molecule has 0 aliphatic heterocycles. The lowest BCUT2D eigenvalue weighted by atomic mass is 9.82. The fourth-order valence-electron chi connectivity index (χ4n) is 2.98. The summed E-state index contributed by atoms with van der Waals surface area (Å²) >= 11 is 0. The summed E-state index contributed by atoms with van der Waals surface area (Å²) in [7, 11) is 0. The van der Waals surface area contributed by atoms with Crippen LogP contribution in [-0.4, -0.2) is 23.5 Å². The number of hydrogen-bond acceptors (Lipinski definition) is 2. The van der Waals surface area contributed by atoms with Crippen molar-refractivity contribution in [3.63, 3.8) is 0 Å². The van der Waals surface area contributed by atoms with Crippen LogP contribution < -0.4 is 5.32 Å². The lowest BCUT2D eigenvalue weighted by molar-refractivity contribution is -0.147. The molecule has 1 aliphatic carbocycles. The number of rotatable bonds is 11. The van der Waals surface area contributed by atoms with Crippen molar-refractivity contribution in [1.29, 1.82) is 0 Å². The lowest BCUT2D eigenvalue weighted by Crippen LogP contribution is -2.39. The second kappa shape index (κ2) is 11.3. The normalized spacial score (nSPS) is 20.8. The van der Waals surface area contributed by atoms with Gasteiger partial charge in [0, 0.05) is 6.54 Å². The average molecular weight is 309 g/mol. The van der Waals surface area contributed by atoms with Crippen molar-refractivity contribution >= 4 is 11.9 Å². The van der Waals surface area contributed by atoms with Crippen LogP contribution >= 0.6 is 0 Å². The smallest absolute Gasteiger partial charge is 0.307 e. The summed E-state index contributed by atoms with van der Waals surface area (Å²) in [4.78, 5) is 23.3. The maximum atomic E-state index is 12.1. The monoisotopic (exact) mass is 309 g/mol. The number of carboxylic acids is 1. The number of unbranched alkanes of at least 4 members (excludes halogenated alkanes) is 7. The van der Waals surface area contributed by atoms with Crippen molar-refractivity contribution < 1.29 is 14.7 Å². The Balaban J connectivity index is 2.10. The quantitative estimate of drug-likeness (QED) is 0.449. The molecular weight excluding hydrogens is 278 g/mol. The van der Waals surface area contributed by atoms with Gasteiger partial charge in [-0.1, -0.05) is 64.0 Å². The Morgan fingerprint density at radius 2 is 1.50 bits per heavy atom. The molecule has 0 fully saturated rings. The number of hydrogen-bond donors (Lipinski definition) is 2. The Hall–Kier alpha value is -1.32. The summed E-state index contributed by atoms with van der Waals surface area (Å²) in [6.07, 6.45) is 14.7. The zero-order valence-electron chi connectivity index (χ0n) is 13.9. The van der Waals surface area contributed by atoms with Gasteiger partial charge in [-0.3, -0.25) is 9.59 Å². The Kier molecular flexibility index (Phi) is 9.60. The van der Waals surface area contributed by atoms with Crippen LogP contribution in [0.4, 0.5) is 0 Å². The van der Waals surface area contributed by atoms with Gasteiger partial charge in [0.1, 0.15) is 0 Å². The molecule has 1 aliphatic rings. The van der Waals surface area contributed by atoms with Gasteiger partial charge in [0.25, 0.3) is 0 Å². The zero-order valence-corrected chi connectivity index (χ0v) is 13.9. The maximum Gasteiger partial charge on any atom is 0.307 e. The summed E-state index contributed by atoms with van der Waals surface area (Å²) in [6.45, 7) is 2.89. The minimum absolute atomic E-state index is 0.0975. The summed E-state index contributed by atoms with van der Waals surface area (Å²) < 4.78 is 0. The number of carbonyl (C=O) groups is 2. The molecule has 126 valence electrons. The van der Waals surface area contributed by atoms with Crippen LogP contribution in [0.25, 0.3) is 0 Å². The van der Waals surface area contributed by atoms with Gasteiger partial charge in [-0.05, 0) is 19.3 Å². The second-order valence-electron chi connectivity index (χ2n) is 6.26. The van der Waals surface area contributed by atoms with Gasteiger partial charge in [0.15, 0.2) is 0 Å². The average Bonchev–Trinajstić information content (AvgIpc) is 2.53. The van der Waals surface area contributed by atoms with Gasteiger partial charge in [-0.25, -0.2) is 0 Å². The van der Waals surface area contributed by atoms with Crippen LogP contribution in [0.15, 0.2) is 12.2 Å². The van der Waals surface area contributed by atoms with Crippen molar-refractivity contribution in [3.8, 4) is 0 Å². The number of carboxylic acid groups (broad SMARTS) is 1. The summed E-state index contributed by atoms with van der Waals surface area (Å²) in [5, 5.41) is 12.1. The SMILES string of the molecule is CCCCCCCCCCNC(=O)[C@H]1CC=CC[C@H]1C(=O)O. The zero-order chi connectivity index (χ0) is 16.2. The van der Waals surface area contributed by atoms with E-state index in [1.807, 2.05) is 12.2 Å². The predicted octanol–water partition coefficient (Wildman–Crippen LogP) is 3.91. The van der Waals surface area contributed by atoms with E-state index in [4.69, 9.17) is 0 Å². The first-order valence-electron chi connectivity index (χ1n) is 8.82. The van der Waals surface area contributed by atoms with Gasteiger partial charge in [-0.2, -0.15) is 0 Å². The Morgan fingerprint density at radius 1 is 0.955 bits per heavy atom. The van der Waals surface area contributed by atoms with Crippen molar-refractivity contribution in [3.05, 3.63) is 12.2 Å². The topological polar surface area (TPSA) is 66.4 Å². The van der Waals surface area contributed by atoms with Gasteiger partial charge in [0.05, 0.1) is 11.8 Å². The van der Waals surface area contributed by atoms with Gasteiger partial charge in [-0.15, -0.1) is 0 Å². The fraction of sp³-hybridized carbons (Fsp3) is 0.778. The molecular formula is C18H31NO3. The molecule has 0 saturated carbocycles. The van der Waals surface area contributed by atoms with Crippen LogP contribution in [0.1, 0.15) is 71.1 Å². The molecule has 0 spiro atoms. The molecule has 0 unspecified atom stereocenters. The molecule has 0 heterocycles. The molecule has 0 aromatic rings. The molecule has 2 N–H and O–H groups in total. The van der Waals surface area contributed by atoms with Crippen LogP contribution in [0.2, 0.25) is 0 Å². The van der Waals surface area contributed by atoms with E-state index in [9.17, 15) is 14.7 Å². The van der Waals surface area contributed by atoms with E-state index < -0.39 is 17.8 Å². The first-order valence-corrected chi connectivity index (χ1v) is 8.82. The molecule has 0 bridgehead atoms. The molecule has 0 radical (unpaired) electrons. The standard InChI is InChI=1S/C18H31NO3/c1-2-3-4-5-6-7-8-11-14-19-17(20)15-12-9-10-13-16(15)18(21)22/h9-10,15-16H,2-8,11-14H2,1H3,(H,19,20)(H,21,22)/t15-,16+/m0/s1. The summed E-state index contributed by atoms with van der Waals surface area (Å²) in [5.74, 6) is -1.93. The van der Waals surface area contributed by atoms with Crippen molar-refractivity contribution in [2.24, 2.45) is 11.8 Å². The van der Waals surface area contributed by atoms with E-state index >= 15 is 0 Å². The Morgan fingerprint density at radius 3 is 2.09 bits per heavy atom. The van der Waals surface area contributed by atoms with Crippen LogP contribution in [0.3, 0.4) is 0 Å². The third-order valence-corrected chi connectivity index (χ3v) is 4.42. The minimum atomic E-state index is -0.864. The minimum Gasteiger partial charge on any atom is -0.481 e. The van der Waals surface area contributed by atoms with Gasteiger partial charge >= 0.3 is 5.97 Å². The first-order chi connectivity index (χ1) is 10.7. The van der Waals surface area contributed by atoms with Gasteiger partial charge < -0.3 is 10.4 Å². The third kappa shape index (κ3) is 7.10. The summed E-state index contributed by atoms with van der Waals surface area (Å²) in [6, 6.07) is 0. The highest BCUT2D eigenvalue weighted by Gasteiger charge is 2.33. The van der Waals surface area contributed by atoms with E-state index in [2.05, 4.69) is 12.2 Å². The van der Waals surface area contributed by atoms with Crippen LogP contribution in [0, 0.1) is 11.8 Å². The first kappa shape index (κ1) is 18.7. The highest BCUT2D eigenvalue weighted by molar-refractivity contribution is 5.85. The van der Waals surface area contributed by atoms with Crippen LogP contribution in [-0.2, 0) is 9.59 Å². The van der Waals surface area contributed by atoms with Crippen molar-refractivity contribution in [1.82, 2.24) is 5.32 Å². The maximum absolute atomic E-state index is 12.1. The molecule has 1 rings (SSSR count). The van der Waals surface area contributed by atoms with Gasteiger partial charge in [0.2, 0.25) is 5.91 Å². The molecule has 22 heavy (non-hydrogen) atoms. The summed E-state index contributed by atoms with van der Waals surface area (Å²) in [5.41, 5.74) is 0. The molecule has 1 amide bonds. The number of allylic oxidation sites excluding steroid dienone is 2. The molecule has 2 atom stereocenters. The van der Waals surface area contributed by atoms with E-state index in [-0.39, 0.29) is 5.91 Å². The van der Waals surface area contributed by atoms with Crippen molar-refractivity contribution in [2.45, 2.75) is 71.1 Å². The molecule has 0 aromatic heterocycles. The molecule has 0 saturated heterocycles. The number of carbonyl (C=O) groups excluding carboxylic acids is 1. The van der Waals surface area contributed by atoms with Crippen LogP contribution in [0.5, 0.6) is 0 Å². The van der Waals surface area contributed by atoms with Crippen molar-refractivity contribution in [2.75, 3.05) is 6.54 Å². The second-order valence-corrected chi connectivity index (χ2v) is 6.26. The highest BCUT2D eigenvalue weighted by Crippen LogP contribution is 2.26. The third-order valence-electron chi connectivity index (χ3n) is 4.42. The lowest BCUT2D eigenvalue weighted by Gasteiger charge is -2.24.